The number of nitrogens with one attached hydrogen (secondary N) is 1. The number of hydrogen-bond donors (Lipinski definition) is 1. The number of halogens is 1. The van der Waals surface area contributed by atoms with Gasteiger partial charge in [-0.05, 0) is 73.2 Å². The molecule has 5 rings (SSSR count). The fourth-order valence-corrected chi connectivity index (χ4v) is 4.34. The van der Waals surface area contributed by atoms with Gasteiger partial charge in [0.05, 0.1) is 6.21 Å². The topological polar surface area (TPSA) is 55.6 Å². The Morgan fingerprint density at radius 2 is 1.65 bits per heavy atom. The van der Waals surface area contributed by atoms with Gasteiger partial charge in [0, 0.05) is 33.8 Å². The maximum Gasteiger partial charge on any atom is 0.271 e. The highest BCUT2D eigenvalue weighted by molar-refractivity contribution is 5.99. The van der Waals surface area contributed by atoms with E-state index in [1.54, 1.807) is 30.5 Å². The van der Waals surface area contributed by atoms with Crippen LogP contribution in [0.2, 0.25) is 0 Å². The Kier molecular flexibility index (Phi) is 6.81. The van der Waals surface area contributed by atoms with Gasteiger partial charge in [0.15, 0.2) is 0 Å². The average Bonchev–Trinajstić information content (AvgIpc) is 3.20. The molecule has 6 heteroatoms. The molecule has 0 saturated heterocycles. The van der Waals surface area contributed by atoms with Crippen molar-refractivity contribution in [1.29, 1.82) is 0 Å². The molecule has 37 heavy (non-hydrogen) atoms. The van der Waals surface area contributed by atoms with Crippen LogP contribution in [-0.2, 0) is 6.61 Å². The number of ether oxygens (including phenoxy) is 1. The molecular formula is C31H26FN3O2. The third-order valence-electron chi connectivity index (χ3n) is 6.30. The quantitative estimate of drug-likeness (QED) is 0.203. The zero-order valence-electron chi connectivity index (χ0n) is 20.6. The van der Waals surface area contributed by atoms with Crippen LogP contribution in [0, 0.1) is 19.7 Å². The summed E-state index contributed by atoms with van der Waals surface area (Å²) in [7, 11) is 0. The number of benzene rings is 4. The van der Waals surface area contributed by atoms with E-state index in [1.165, 1.54) is 6.07 Å². The predicted octanol–water partition coefficient (Wildman–Crippen LogP) is 6.73. The molecule has 0 radical (unpaired) electrons. The van der Waals surface area contributed by atoms with Gasteiger partial charge >= 0.3 is 0 Å². The second-order valence-corrected chi connectivity index (χ2v) is 8.80. The number of fused-ring (bicyclic) bond motifs is 1. The normalized spacial score (nSPS) is 11.2. The van der Waals surface area contributed by atoms with E-state index in [0.29, 0.717) is 16.9 Å². The Hall–Kier alpha value is -4.71. The summed E-state index contributed by atoms with van der Waals surface area (Å²) in [5, 5.41) is 6.28. The maximum absolute atomic E-state index is 13.8. The molecular weight excluding hydrogens is 465 g/mol. The number of aryl methyl sites for hydroxylation is 1. The highest BCUT2D eigenvalue weighted by atomic mass is 19.1. The first kappa shape index (κ1) is 24.0. The molecule has 5 nitrogen and oxygen atoms in total. The van der Waals surface area contributed by atoms with Crippen LogP contribution < -0.4 is 10.2 Å². The lowest BCUT2D eigenvalue weighted by Gasteiger charge is -2.12. The lowest BCUT2D eigenvalue weighted by atomic mass is 10.1. The average molecular weight is 492 g/mol. The second kappa shape index (κ2) is 10.5. The van der Waals surface area contributed by atoms with Crippen molar-refractivity contribution in [3.05, 3.63) is 131 Å². The van der Waals surface area contributed by atoms with E-state index < -0.39 is 0 Å². The zero-order chi connectivity index (χ0) is 25.8. The van der Waals surface area contributed by atoms with E-state index in [9.17, 15) is 9.18 Å². The Bertz CT molecular complexity index is 1600. The van der Waals surface area contributed by atoms with Gasteiger partial charge < -0.3 is 9.30 Å². The minimum atomic E-state index is -0.277. The summed E-state index contributed by atoms with van der Waals surface area (Å²) in [5.41, 5.74) is 7.57. The number of hydrazone groups is 1. The first-order chi connectivity index (χ1) is 18.0. The minimum absolute atomic E-state index is 0.166. The van der Waals surface area contributed by atoms with Gasteiger partial charge in [-0.3, -0.25) is 4.79 Å². The number of carbonyl (C=O) groups excluding carboxylic acids is 1. The Morgan fingerprint density at radius 1 is 0.919 bits per heavy atom. The summed E-state index contributed by atoms with van der Waals surface area (Å²) in [5.74, 6) is 0.120. The highest BCUT2D eigenvalue weighted by Crippen LogP contribution is 2.23. The lowest BCUT2D eigenvalue weighted by Crippen LogP contribution is -2.17. The summed E-state index contributed by atoms with van der Waals surface area (Å²) in [4.78, 5) is 12.6. The number of amides is 1. The van der Waals surface area contributed by atoms with Gasteiger partial charge in [-0.15, -0.1) is 0 Å². The number of carbonyl (C=O) groups is 1. The van der Waals surface area contributed by atoms with Crippen molar-refractivity contribution < 1.29 is 13.9 Å². The number of nitrogens with zero attached hydrogens (tertiary/aromatic N) is 2. The van der Waals surface area contributed by atoms with Crippen LogP contribution in [0.3, 0.4) is 0 Å². The third-order valence-corrected chi connectivity index (χ3v) is 6.30. The molecule has 4 aromatic carbocycles. The molecule has 0 unspecified atom stereocenters. The fourth-order valence-electron chi connectivity index (χ4n) is 4.34. The van der Waals surface area contributed by atoms with Crippen LogP contribution in [0.15, 0.2) is 102 Å². The first-order valence-corrected chi connectivity index (χ1v) is 12.0. The molecule has 0 saturated carbocycles. The third kappa shape index (κ3) is 5.28. The molecule has 1 aromatic heterocycles. The molecule has 0 atom stereocenters. The number of rotatable bonds is 7. The van der Waals surface area contributed by atoms with Gasteiger partial charge in [0.25, 0.3) is 5.91 Å². The van der Waals surface area contributed by atoms with Crippen molar-refractivity contribution in [1.82, 2.24) is 9.99 Å². The van der Waals surface area contributed by atoms with Crippen LogP contribution in [0.4, 0.5) is 4.39 Å². The van der Waals surface area contributed by atoms with Crippen molar-refractivity contribution in [3.8, 4) is 11.4 Å². The Balaban J connectivity index is 1.26. The van der Waals surface area contributed by atoms with E-state index in [1.807, 2.05) is 80.6 Å². The summed E-state index contributed by atoms with van der Waals surface area (Å²) in [6.45, 7) is 4.18. The standard InChI is InChI=1S/C31H26FN3O2/c1-21-17-27(19-33-34-31(36)25-12-11-23-7-3-4-8-24(23)18-25)22(2)35(21)28-13-15-29(16-14-28)37-20-26-9-5-6-10-30(26)32/h3-19H,20H2,1-2H3,(H,34,36)/b33-19+. The molecule has 1 N–H and O–H groups in total. The minimum Gasteiger partial charge on any atom is -0.489 e. The molecule has 5 aromatic rings. The molecule has 184 valence electrons. The Labute approximate surface area is 214 Å². The van der Waals surface area contributed by atoms with E-state index in [2.05, 4.69) is 15.1 Å². The monoisotopic (exact) mass is 491 g/mol. The summed E-state index contributed by atoms with van der Waals surface area (Å²) in [6, 6.07) is 29.7. The molecule has 0 fully saturated rings. The van der Waals surface area contributed by atoms with Gasteiger partial charge in [0.1, 0.15) is 18.2 Å². The highest BCUT2D eigenvalue weighted by Gasteiger charge is 2.11. The molecule has 0 bridgehead atoms. The molecule has 0 spiro atoms. The van der Waals surface area contributed by atoms with E-state index in [4.69, 9.17) is 4.74 Å². The molecule has 1 heterocycles. The van der Waals surface area contributed by atoms with Crippen molar-refractivity contribution in [3.63, 3.8) is 0 Å². The van der Waals surface area contributed by atoms with Gasteiger partial charge in [-0.2, -0.15) is 5.10 Å². The van der Waals surface area contributed by atoms with Crippen LogP contribution in [0.5, 0.6) is 5.75 Å². The van der Waals surface area contributed by atoms with Crippen molar-refractivity contribution in [2.75, 3.05) is 0 Å². The van der Waals surface area contributed by atoms with Crippen LogP contribution >= 0.6 is 0 Å². The van der Waals surface area contributed by atoms with Crippen molar-refractivity contribution in [2.24, 2.45) is 5.10 Å². The number of aromatic nitrogens is 1. The first-order valence-electron chi connectivity index (χ1n) is 12.0. The molecule has 0 aliphatic rings. The molecule has 0 aliphatic heterocycles. The van der Waals surface area contributed by atoms with Gasteiger partial charge in [-0.1, -0.05) is 48.5 Å². The second-order valence-electron chi connectivity index (χ2n) is 8.80. The van der Waals surface area contributed by atoms with E-state index >= 15 is 0 Å². The maximum atomic E-state index is 13.8. The smallest absolute Gasteiger partial charge is 0.271 e. The van der Waals surface area contributed by atoms with E-state index in [0.717, 1.165) is 33.4 Å². The zero-order valence-corrected chi connectivity index (χ0v) is 20.6. The molecule has 1 amide bonds. The summed E-state index contributed by atoms with van der Waals surface area (Å²) < 4.78 is 21.7. The SMILES string of the molecule is Cc1cc(/C=N/NC(=O)c2ccc3ccccc3c2)c(C)n1-c1ccc(OCc2ccccc2F)cc1. The van der Waals surface area contributed by atoms with Crippen molar-refractivity contribution >= 4 is 22.9 Å². The largest absolute Gasteiger partial charge is 0.489 e. The van der Waals surface area contributed by atoms with Crippen LogP contribution in [0.1, 0.15) is 32.9 Å². The summed E-state index contributed by atoms with van der Waals surface area (Å²) >= 11 is 0. The van der Waals surface area contributed by atoms with Gasteiger partial charge in [0.2, 0.25) is 0 Å². The lowest BCUT2D eigenvalue weighted by molar-refractivity contribution is 0.0955. The van der Waals surface area contributed by atoms with Crippen LogP contribution in [-0.4, -0.2) is 16.7 Å². The number of hydrogen-bond acceptors (Lipinski definition) is 3. The van der Waals surface area contributed by atoms with Crippen molar-refractivity contribution in [2.45, 2.75) is 20.5 Å². The van der Waals surface area contributed by atoms with Gasteiger partial charge in [-0.25, -0.2) is 9.82 Å². The van der Waals surface area contributed by atoms with E-state index in [-0.39, 0.29) is 18.3 Å². The summed E-state index contributed by atoms with van der Waals surface area (Å²) in [6.07, 6.45) is 1.66. The Morgan fingerprint density at radius 3 is 2.43 bits per heavy atom. The molecule has 0 aliphatic carbocycles. The van der Waals surface area contributed by atoms with Crippen LogP contribution in [0.25, 0.3) is 16.5 Å². The fraction of sp³-hybridized carbons (Fsp3) is 0.0968. The predicted molar refractivity (Wildman–Crippen MR) is 145 cm³/mol.